The zero-order chi connectivity index (χ0) is 20.5. The normalized spacial score (nSPS) is 22.3. The van der Waals surface area contributed by atoms with Crippen molar-refractivity contribution >= 4 is 8.32 Å². The lowest BCUT2D eigenvalue weighted by atomic mass is 9.76. The molecule has 0 fully saturated rings. The molecule has 0 amide bonds. The quantitative estimate of drug-likeness (QED) is 0.401. The lowest BCUT2D eigenvalue weighted by molar-refractivity contribution is 0.125. The van der Waals surface area contributed by atoms with E-state index in [1.54, 1.807) is 14.2 Å². The second-order valence-corrected chi connectivity index (χ2v) is 13.8. The molecule has 1 aromatic carbocycles. The molecule has 0 heterocycles. The third-order valence-electron chi connectivity index (χ3n) is 6.46. The molecule has 0 saturated carbocycles. The monoisotopic (exact) mass is 388 g/mol. The van der Waals surface area contributed by atoms with E-state index in [1.165, 1.54) is 11.1 Å². The number of benzene rings is 1. The van der Waals surface area contributed by atoms with Crippen LogP contribution in [0.15, 0.2) is 37.4 Å². The second-order valence-electron chi connectivity index (χ2n) is 9.01. The zero-order valence-electron chi connectivity index (χ0n) is 18.1. The molecule has 2 rings (SSSR count). The van der Waals surface area contributed by atoms with Gasteiger partial charge in [0, 0.05) is 5.41 Å². The Labute approximate surface area is 166 Å². The summed E-state index contributed by atoms with van der Waals surface area (Å²) in [5.74, 6) is 1.53. The fourth-order valence-corrected chi connectivity index (χ4v) is 5.10. The Balaban J connectivity index is 2.57. The molecule has 0 bridgehead atoms. The van der Waals surface area contributed by atoms with E-state index in [2.05, 4.69) is 65.2 Å². The number of hydrogen-bond donors (Lipinski definition) is 0. The van der Waals surface area contributed by atoms with Gasteiger partial charge < -0.3 is 13.9 Å². The van der Waals surface area contributed by atoms with Crippen LogP contribution in [0.5, 0.6) is 11.5 Å². The van der Waals surface area contributed by atoms with Gasteiger partial charge in [0.1, 0.15) is 0 Å². The molecule has 3 nitrogen and oxygen atoms in total. The maximum absolute atomic E-state index is 6.95. The Morgan fingerprint density at radius 2 is 1.74 bits per heavy atom. The Morgan fingerprint density at radius 1 is 1.15 bits per heavy atom. The van der Waals surface area contributed by atoms with Gasteiger partial charge in [-0.2, -0.15) is 0 Å². The van der Waals surface area contributed by atoms with Gasteiger partial charge in [0.05, 0.1) is 20.3 Å². The molecule has 0 saturated heterocycles. The smallest absolute Gasteiger partial charge is 0.192 e. The van der Waals surface area contributed by atoms with Crippen LogP contribution in [-0.4, -0.2) is 28.6 Å². The molecule has 1 aliphatic rings. The standard InChI is InChI=1S/C23H36O3Si/c1-10-12-13-23(11-2)18-16-20(25-7)19(24-6)14-17(18)15-21(23)26-27(8,9)22(3,4)5/h10-11,14,16,21H,1-2,12-13,15H2,3-9H3/t21-,23+/m1/s1. The largest absolute Gasteiger partial charge is 0.493 e. The van der Waals surface area contributed by atoms with Crippen molar-refractivity contribution in [1.82, 2.24) is 0 Å². The summed E-state index contributed by atoms with van der Waals surface area (Å²) in [5.41, 5.74) is 2.28. The van der Waals surface area contributed by atoms with Gasteiger partial charge in [-0.3, -0.25) is 0 Å². The van der Waals surface area contributed by atoms with E-state index >= 15 is 0 Å². The highest BCUT2D eigenvalue weighted by molar-refractivity contribution is 6.74. The number of hydrogen-bond acceptors (Lipinski definition) is 3. The van der Waals surface area contributed by atoms with E-state index in [9.17, 15) is 0 Å². The molecule has 0 N–H and O–H groups in total. The Bertz CT molecular complexity index is 702. The molecule has 0 spiro atoms. The predicted octanol–water partition coefficient (Wildman–Crippen LogP) is 6.04. The van der Waals surface area contributed by atoms with Crippen molar-refractivity contribution in [2.45, 2.75) is 69.7 Å². The first-order chi connectivity index (χ1) is 12.6. The minimum Gasteiger partial charge on any atom is -0.493 e. The van der Waals surface area contributed by atoms with Crippen molar-refractivity contribution in [3.05, 3.63) is 48.6 Å². The fraction of sp³-hybridized carbons (Fsp3) is 0.565. The van der Waals surface area contributed by atoms with Crippen LogP contribution < -0.4 is 9.47 Å². The number of rotatable bonds is 8. The van der Waals surface area contributed by atoms with E-state index in [1.807, 2.05) is 6.08 Å². The number of methoxy groups -OCH3 is 2. The molecule has 150 valence electrons. The molecule has 27 heavy (non-hydrogen) atoms. The Hall–Kier alpha value is -1.52. The number of ether oxygens (including phenoxy) is 2. The van der Waals surface area contributed by atoms with Crippen LogP contribution in [0.3, 0.4) is 0 Å². The van der Waals surface area contributed by atoms with Gasteiger partial charge in [-0.05, 0) is 60.7 Å². The van der Waals surface area contributed by atoms with Crippen LogP contribution in [-0.2, 0) is 16.3 Å². The average molecular weight is 389 g/mol. The van der Waals surface area contributed by atoms with Crippen LogP contribution in [0.25, 0.3) is 0 Å². The van der Waals surface area contributed by atoms with Crippen molar-refractivity contribution in [1.29, 1.82) is 0 Å². The average Bonchev–Trinajstić information content (AvgIpc) is 2.89. The van der Waals surface area contributed by atoms with E-state index in [4.69, 9.17) is 13.9 Å². The van der Waals surface area contributed by atoms with E-state index < -0.39 is 8.32 Å². The molecule has 0 radical (unpaired) electrons. The first kappa shape index (κ1) is 21.8. The minimum atomic E-state index is -1.93. The summed E-state index contributed by atoms with van der Waals surface area (Å²) in [6.07, 6.45) is 6.85. The van der Waals surface area contributed by atoms with Crippen LogP contribution in [0.4, 0.5) is 0 Å². The van der Waals surface area contributed by atoms with Gasteiger partial charge in [-0.15, -0.1) is 13.2 Å². The molecule has 4 heteroatoms. The Kier molecular flexibility index (Phi) is 6.32. The maximum atomic E-state index is 6.95. The zero-order valence-corrected chi connectivity index (χ0v) is 19.1. The Morgan fingerprint density at radius 3 is 2.22 bits per heavy atom. The van der Waals surface area contributed by atoms with Crippen LogP contribution in [0, 0.1) is 0 Å². The van der Waals surface area contributed by atoms with Crippen molar-refractivity contribution in [2.24, 2.45) is 0 Å². The third-order valence-corrected chi connectivity index (χ3v) is 10.9. The lowest BCUT2D eigenvalue weighted by Crippen LogP contribution is -2.49. The first-order valence-electron chi connectivity index (χ1n) is 9.74. The van der Waals surface area contributed by atoms with E-state index in [0.717, 1.165) is 30.8 Å². The van der Waals surface area contributed by atoms with Gasteiger partial charge in [0.15, 0.2) is 19.8 Å². The highest BCUT2D eigenvalue weighted by atomic mass is 28.4. The summed E-state index contributed by atoms with van der Waals surface area (Å²) in [6, 6.07) is 4.23. The summed E-state index contributed by atoms with van der Waals surface area (Å²) in [6.45, 7) is 19.7. The van der Waals surface area contributed by atoms with Crippen LogP contribution in [0.2, 0.25) is 18.1 Å². The van der Waals surface area contributed by atoms with E-state index in [-0.39, 0.29) is 16.6 Å². The van der Waals surface area contributed by atoms with Gasteiger partial charge in [-0.1, -0.05) is 32.9 Å². The minimum absolute atomic E-state index is 0.0719. The van der Waals surface area contributed by atoms with Crippen molar-refractivity contribution in [3.63, 3.8) is 0 Å². The second kappa shape index (κ2) is 7.84. The molecule has 1 aliphatic carbocycles. The summed E-state index contributed by atoms with van der Waals surface area (Å²) in [4.78, 5) is 0. The molecule has 1 aromatic rings. The summed E-state index contributed by atoms with van der Waals surface area (Å²) in [5, 5.41) is 0.155. The number of allylic oxidation sites excluding steroid dienone is 1. The van der Waals surface area contributed by atoms with Crippen molar-refractivity contribution in [2.75, 3.05) is 14.2 Å². The topological polar surface area (TPSA) is 27.7 Å². The molecule has 0 aliphatic heterocycles. The highest BCUT2D eigenvalue weighted by Gasteiger charge is 2.50. The highest BCUT2D eigenvalue weighted by Crippen LogP contribution is 2.51. The predicted molar refractivity (Wildman–Crippen MR) is 117 cm³/mol. The molecular formula is C23H36O3Si. The van der Waals surface area contributed by atoms with Crippen molar-refractivity contribution < 1.29 is 13.9 Å². The summed E-state index contributed by atoms with van der Waals surface area (Å²) in [7, 11) is 1.43. The maximum Gasteiger partial charge on any atom is 0.192 e. The van der Waals surface area contributed by atoms with E-state index in [0.29, 0.717) is 0 Å². The molecule has 0 aromatic heterocycles. The first-order valence-corrected chi connectivity index (χ1v) is 12.6. The molecule has 2 atom stereocenters. The van der Waals surface area contributed by atoms with Crippen molar-refractivity contribution in [3.8, 4) is 11.5 Å². The molecule has 0 unspecified atom stereocenters. The molecular weight excluding hydrogens is 352 g/mol. The summed E-state index contributed by atoms with van der Waals surface area (Å²) >= 11 is 0. The SMILES string of the molecule is C=CCC[C@@]1(C=C)c2cc(OC)c(OC)cc2C[C@H]1O[Si](C)(C)C(C)(C)C. The van der Waals surface area contributed by atoms with Crippen LogP contribution in [0.1, 0.15) is 44.7 Å². The fourth-order valence-electron chi connectivity index (χ4n) is 3.74. The number of fused-ring (bicyclic) bond motifs is 1. The third kappa shape index (κ3) is 3.88. The van der Waals surface area contributed by atoms with Gasteiger partial charge >= 0.3 is 0 Å². The lowest BCUT2D eigenvalue weighted by Gasteiger charge is -2.43. The van der Waals surface area contributed by atoms with Gasteiger partial charge in [0.25, 0.3) is 0 Å². The van der Waals surface area contributed by atoms with Crippen LogP contribution >= 0.6 is 0 Å². The summed E-state index contributed by atoms with van der Waals surface area (Å²) < 4.78 is 18.1. The van der Waals surface area contributed by atoms with Gasteiger partial charge in [-0.25, -0.2) is 0 Å². The van der Waals surface area contributed by atoms with Gasteiger partial charge in [0.2, 0.25) is 0 Å².